The number of hydrogen-bond donors (Lipinski definition) is 3. The predicted molar refractivity (Wildman–Crippen MR) is 189 cm³/mol. The van der Waals surface area contributed by atoms with Gasteiger partial charge in [-0.25, -0.2) is 0 Å². The van der Waals surface area contributed by atoms with Gasteiger partial charge in [0.15, 0.2) is 0 Å². The van der Waals surface area contributed by atoms with Gasteiger partial charge in [-0.15, -0.1) is 0 Å². The Morgan fingerprint density at radius 3 is 2.31 bits per heavy atom. The van der Waals surface area contributed by atoms with Gasteiger partial charge in [-0.05, 0) is 84.8 Å². The van der Waals surface area contributed by atoms with Gasteiger partial charge in [-0.1, -0.05) is 55.8 Å². The van der Waals surface area contributed by atoms with Crippen LogP contribution in [-0.4, -0.2) is 65.9 Å². The number of rotatable bonds is 4. The molecule has 1 aliphatic rings. The van der Waals surface area contributed by atoms with Gasteiger partial charge < -0.3 is 30.0 Å². The summed E-state index contributed by atoms with van der Waals surface area (Å²) in [6, 6.07) is 12.2. The number of esters is 1. The van der Waals surface area contributed by atoms with Crippen LogP contribution in [0.4, 0.5) is 0 Å². The summed E-state index contributed by atoms with van der Waals surface area (Å²) >= 11 is 3.62. The molecule has 3 N–H and O–H groups in total. The first kappa shape index (κ1) is 36.7. The van der Waals surface area contributed by atoms with Crippen molar-refractivity contribution in [1.82, 2.24) is 20.5 Å². The van der Waals surface area contributed by atoms with E-state index < -0.39 is 35.9 Å². The summed E-state index contributed by atoms with van der Waals surface area (Å²) in [6.45, 7) is 9.34. The van der Waals surface area contributed by atoms with E-state index in [1.165, 1.54) is 4.90 Å². The molecule has 4 rings (SSSR count). The number of nitrogens with zero attached hydrogens (tertiary/aromatic N) is 1. The van der Waals surface area contributed by atoms with Crippen LogP contribution in [0.25, 0.3) is 10.9 Å². The number of hydrogen-bond acceptors (Lipinski definition) is 6. The summed E-state index contributed by atoms with van der Waals surface area (Å²) < 4.78 is 11.9. The van der Waals surface area contributed by atoms with Crippen LogP contribution in [0.2, 0.25) is 0 Å². The minimum Gasteiger partial charge on any atom is -0.497 e. The standard InChI is InChI=1S/C37H47BrN4O6/c1-21-16-22(2)18-24(4)48-33(43)20-31(26-12-14-27(47-7)15-13-26)41-36(45)32(19-29-28-10-8-9-11-30(28)40-34(29)38)42(6)37(46)25(5)39-35(44)23(3)17-21/h8-16,22-25,31-32,40H,17-20H2,1-7H3,(H,39,44)(H,41,45)/b21-16+/t22-,23-,24-,25-,31+,32+/m0/s1. The molecule has 10 nitrogen and oxygen atoms in total. The molecule has 0 bridgehead atoms. The number of para-hydroxylation sites is 1. The molecule has 0 saturated heterocycles. The van der Waals surface area contributed by atoms with Crippen LogP contribution in [0.3, 0.4) is 0 Å². The average molecular weight is 724 g/mol. The Kier molecular flexibility index (Phi) is 12.5. The number of aromatic amines is 1. The second-order valence-corrected chi connectivity index (χ2v) is 13.8. The van der Waals surface area contributed by atoms with Crippen molar-refractivity contribution in [1.29, 1.82) is 0 Å². The maximum atomic E-state index is 14.4. The van der Waals surface area contributed by atoms with E-state index in [1.54, 1.807) is 45.3 Å². The number of likely N-dealkylation sites (N-methyl/N-ethyl adjacent to an activating group) is 1. The third-order valence-electron chi connectivity index (χ3n) is 8.89. The van der Waals surface area contributed by atoms with Gasteiger partial charge >= 0.3 is 5.97 Å². The number of amides is 3. The number of halogens is 1. The van der Waals surface area contributed by atoms with Gasteiger partial charge in [0.05, 0.1) is 30.3 Å². The molecule has 3 aromatic rings. The molecule has 2 heterocycles. The molecule has 0 saturated carbocycles. The number of carbonyl (C=O) groups excluding carboxylic acids is 4. The highest BCUT2D eigenvalue weighted by Gasteiger charge is 2.34. The zero-order chi connectivity index (χ0) is 35.1. The summed E-state index contributed by atoms with van der Waals surface area (Å²) in [5.41, 5.74) is 3.42. The molecular formula is C37H47BrN4O6. The minimum absolute atomic E-state index is 0.0981. The van der Waals surface area contributed by atoms with Crippen LogP contribution >= 0.6 is 15.9 Å². The largest absolute Gasteiger partial charge is 0.497 e. The van der Waals surface area contributed by atoms with E-state index in [0.29, 0.717) is 28.8 Å². The number of nitrogens with one attached hydrogen (secondary N) is 3. The molecule has 3 amide bonds. The molecule has 258 valence electrons. The number of carbonyl (C=O) groups is 4. The SMILES string of the molecule is COc1ccc([C@H]2CC(=O)O[C@@H](C)C[C@@H](C)/C=C(\C)C[C@H](C)C(=O)N[C@@H](C)C(=O)N(C)[C@H](Cc3c(Br)[nH]c4ccccc34)C(=O)N2)cc1. The van der Waals surface area contributed by atoms with Crippen molar-refractivity contribution in [2.45, 2.75) is 84.5 Å². The van der Waals surface area contributed by atoms with Crippen molar-refractivity contribution in [3.8, 4) is 5.75 Å². The molecule has 11 heteroatoms. The van der Waals surface area contributed by atoms with E-state index in [4.69, 9.17) is 9.47 Å². The van der Waals surface area contributed by atoms with Crippen LogP contribution in [0, 0.1) is 11.8 Å². The molecule has 1 aromatic heterocycles. The van der Waals surface area contributed by atoms with Crippen molar-refractivity contribution in [2.75, 3.05) is 14.2 Å². The van der Waals surface area contributed by atoms with E-state index in [0.717, 1.165) is 22.0 Å². The molecule has 0 fully saturated rings. The van der Waals surface area contributed by atoms with Crippen molar-refractivity contribution in [3.63, 3.8) is 0 Å². The average Bonchev–Trinajstić information content (AvgIpc) is 3.35. The number of aromatic nitrogens is 1. The molecular weight excluding hydrogens is 676 g/mol. The Labute approximate surface area is 291 Å². The third kappa shape index (κ3) is 9.27. The second-order valence-electron chi connectivity index (χ2n) is 13.0. The number of benzene rings is 2. The van der Waals surface area contributed by atoms with Crippen molar-refractivity contribution >= 4 is 50.5 Å². The maximum absolute atomic E-state index is 14.4. The van der Waals surface area contributed by atoms with E-state index in [1.807, 2.05) is 52.0 Å². The fourth-order valence-electron chi connectivity index (χ4n) is 6.41. The first-order chi connectivity index (χ1) is 22.8. The summed E-state index contributed by atoms with van der Waals surface area (Å²) in [6.07, 6.45) is 2.89. The quantitative estimate of drug-likeness (QED) is 0.224. The lowest BCUT2D eigenvalue weighted by Gasteiger charge is -2.32. The van der Waals surface area contributed by atoms with Gasteiger partial charge in [0.2, 0.25) is 17.7 Å². The molecule has 0 unspecified atom stereocenters. The molecule has 0 radical (unpaired) electrons. The van der Waals surface area contributed by atoms with Crippen LogP contribution in [-0.2, 0) is 30.3 Å². The molecule has 6 atom stereocenters. The summed E-state index contributed by atoms with van der Waals surface area (Å²) in [4.78, 5) is 59.5. The molecule has 1 aliphatic heterocycles. The number of ether oxygens (including phenoxy) is 2. The molecule has 0 spiro atoms. The number of fused-ring (bicyclic) bond motifs is 1. The zero-order valence-corrected chi connectivity index (χ0v) is 30.3. The van der Waals surface area contributed by atoms with E-state index >= 15 is 0 Å². The highest BCUT2D eigenvalue weighted by Crippen LogP contribution is 2.29. The lowest BCUT2D eigenvalue weighted by molar-refractivity contribution is -0.149. The lowest BCUT2D eigenvalue weighted by atomic mass is 9.95. The smallest absolute Gasteiger partial charge is 0.308 e. The van der Waals surface area contributed by atoms with Gasteiger partial charge in [0, 0.05) is 30.3 Å². The Balaban J connectivity index is 1.75. The topological polar surface area (TPSA) is 130 Å². The number of allylic oxidation sites excluding steroid dienone is 2. The van der Waals surface area contributed by atoms with E-state index in [9.17, 15) is 19.2 Å². The summed E-state index contributed by atoms with van der Waals surface area (Å²) in [7, 11) is 3.13. The number of H-pyrrole nitrogens is 1. The van der Waals surface area contributed by atoms with E-state index in [-0.39, 0.29) is 36.7 Å². The Morgan fingerprint density at radius 2 is 1.62 bits per heavy atom. The van der Waals surface area contributed by atoms with Crippen LogP contribution in [0.1, 0.15) is 71.0 Å². The van der Waals surface area contributed by atoms with Gasteiger partial charge in [-0.2, -0.15) is 0 Å². The second kappa shape index (κ2) is 16.3. The van der Waals surface area contributed by atoms with Crippen molar-refractivity contribution in [2.24, 2.45) is 11.8 Å². The highest BCUT2D eigenvalue weighted by atomic mass is 79.9. The van der Waals surface area contributed by atoms with Crippen molar-refractivity contribution in [3.05, 3.63) is 75.9 Å². The minimum atomic E-state index is -0.992. The van der Waals surface area contributed by atoms with Crippen molar-refractivity contribution < 1.29 is 28.7 Å². The number of methoxy groups -OCH3 is 1. The summed E-state index contributed by atoms with van der Waals surface area (Å²) in [5.74, 6) is -1.22. The highest BCUT2D eigenvalue weighted by molar-refractivity contribution is 9.10. The first-order valence-corrected chi connectivity index (χ1v) is 17.2. The van der Waals surface area contributed by atoms with E-state index in [2.05, 4.69) is 37.6 Å². The first-order valence-electron chi connectivity index (χ1n) is 16.4. The third-order valence-corrected chi connectivity index (χ3v) is 9.57. The predicted octanol–water partition coefficient (Wildman–Crippen LogP) is 6.00. The Hall–Kier alpha value is -4.12. The van der Waals surface area contributed by atoms with Crippen LogP contribution in [0.15, 0.2) is 64.8 Å². The summed E-state index contributed by atoms with van der Waals surface area (Å²) in [5, 5.41) is 6.84. The van der Waals surface area contributed by atoms with Gasteiger partial charge in [0.25, 0.3) is 0 Å². The molecule has 48 heavy (non-hydrogen) atoms. The fourth-order valence-corrected chi connectivity index (χ4v) is 7.00. The number of cyclic esters (lactones) is 1. The van der Waals surface area contributed by atoms with Gasteiger partial charge in [-0.3, -0.25) is 19.2 Å². The zero-order valence-electron chi connectivity index (χ0n) is 28.8. The lowest BCUT2D eigenvalue weighted by Crippen LogP contribution is -2.55. The molecule has 2 aromatic carbocycles. The van der Waals surface area contributed by atoms with Crippen LogP contribution < -0.4 is 15.4 Å². The normalized spacial score (nSPS) is 26.8. The monoisotopic (exact) mass is 722 g/mol. The maximum Gasteiger partial charge on any atom is 0.308 e. The Morgan fingerprint density at radius 1 is 0.938 bits per heavy atom. The van der Waals surface area contributed by atoms with Crippen LogP contribution in [0.5, 0.6) is 5.75 Å². The van der Waals surface area contributed by atoms with Gasteiger partial charge in [0.1, 0.15) is 17.8 Å². The Bertz CT molecular complexity index is 1650. The fraction of sp³-hybridized carbons (Fsp3) is 0.459. The molecule has 0 aliphatic carbocycles.